The summed E-state index contributed by atoms with van der Waals surface area (Å²) in [6.45, 7) is 0. The van der Waals surface area contributed by atoms with Gasteiger partial charge in [-0.1, -0.05) is 6.07 Å². The van der Waals surface area contributed by atoms with E-state index in [1.54, 1.807) is 6.07 Å². The Morgan fingerprint density at radius 3 is 2.67 bits per heavy atom. The molecule has 1 fully saturated rings. The minimum atomic E-state index is -0.151. The van der Waals surface area contributed by atoms with Gasteiger partial charge in [-0.2, -0.15) is 0 Å². The van der Waals surface area contributed by atoms with E-state index in [2.05, 4.69) is 5.32 Å². The number of fused-ring (bicyclic) bond motifs is 1. The number of phenolic OH excluding ortho intramolecular Hbond substituents is 1. The molecular weight excluding hydrogens is 264 g/mol. The fourth-order valence-electron chi connectivity index (χ4n) is 3.79. The normalized spacial score (nSPS) is 28.9. The van der Waals surface area contributed by atoms with Crippen LogP contribution < -0.4 is 11.1 Å². The second-order valence-electron chi connectivity index (χ2n) is 6.45. The second kappa shape index (κ2) is 6.06. The van der Waals surface area contributed by atoms with Gasteiger partial charge in [0, 0.05) is 18.0 Å². The van der Waals surface area contributed by atoms with Gasteiger partial charge >= 0.3 is 0 Å². The molecule has 4 N–H and O–H groups in total. The Balaban J connectivity index is 1.65. The van der Waals surface area contributed by atoms with E-state index in [-0.39, 0.29) is 11.8 Å². The molecule has 1 atom stereocenters. The van der Waals surface area contributed by atoms with Crippen molar-refractivity contribution in [1.29, 1.82) is 0 Å². The summed E-state index contributed by atoms with van der Waals surface area (Å²) < 4.78 is 0. The van der Waals surface area contributed by atoms with Gasteiger partial charge in [0.1, 0.15) is 5.75 Å². The molecule has 0 aromatic heterocycles. The molecule has 4 heteroatoms. The standard InChI is InChI=1S/C17H24N2O2/c18-17(21)12-4-7-13(8-5-12)19-16-3-1-2-11-6-9-14(20)10-15(11)16/h6,9-10,12-13,16,19-20H,1-5,7-8H2,(H2,18,21). The fourth-order valence-corrected chi connectivity index (χ4v) is 3.79. The van der Waals surface area contributed by atoms with Gasteiger partial charge in [-0.25, -0.2) is 0 Å². The molecule has 3 rings (SSSR count). The van der Waals surface area contributed by atoms with E-state index in [9.17, 15) is 9.90 Å². The Bertz CT molecular complexity index is 522. The van der Waals surface area contributed by atoms with Crippen LogP contribution >= 0.6 is 0 Å². The maximum Gasteiger partial charge on any atom is 0.220 e. The van der Waals surface area contributed by atoms with E-state index in [4.69, 9.17) is 5.73 Å². The highest BCUT2D eigenvalue weighted by atomic mass is 16.3. The number of carbonyl (C=O) groups is 1. The van der Waals surface area contributed by atoms with E-state index < -0.39 is 0 Å². The largest absolute Gasteiger partial charge is 0.508 e. The van der Waals surface area contributed by atoms with Crippen molar-refractivity contribution in [2.75, 3.05) is 0 Å². The number of benzene rings is 1. The van der Waals surface area contributed by atoms with Gasteiger partial charge in [-0.3, -0.25) is 4.79 Å². The zero-order valence-electron chi connectivity index (χ0n) is 12.3. The van der Waals surface area contributed by atoms with Crippen LogP contribution in [0.1, 0.15) is 55.7 Å². The van der Waals surface area contributed by atoms with E-state index in [0.717, 1.165) is 38.5 Å². The summed E-state index contributed by atoms with van der Waals surface area (Å²) in [5.74, 6) is 0.256. The lowest BCUT2D eigenvalue weighted by atomic mass is 9.83. The van der Waals surface area contributed by atoms with Crippen molar-refractivity contribution < 1.29 is 9.90 Å². The first-order valence-corrected chi connectivity index (χ1v) is 8.00. The second-order valence-corrected chi connectivity index (χ2v) is 6.45. The van der Waals surface area contributed by atoms with Gasteiger partial charge in [0.15, 0.2) is 0 Å². The molecule has 1 aromatic rings. The van der Waals surface area contributed by atoms with Crippen LogP contribution in [0, 0.1) is 5.92 Å². The zero-order chi connectivity index (χ0) is 14.8. The number of hydrogen-bond acceptors (Lipinski definition) is 3. The molecule has 1 amide bonds. The molecule has 114 valence electrons. The van der Waals surface area contributed by atoms with Crippen LogP contribution in [0.3, 0.4) is 0 Å². The molecule has 0 bridgehead atoms. The summed E-state index contributed by atoms with van der Waals surface area (Å²) in [5.41, 5.74) is 7.99. The third-order valence-corrected chi connectivity index (χ3v) is 5.01. The summed E-state index contributed by atoms with van der Waals surface area (Å²) in [5, 5.41) is 13.5. The van der Waals surface area contributed by atoms with Crippen LogP contribution in [0.25, 0.3) is 0 Å². The van der Waals surface area contributed by atoms with Crippen LogP contribution in [-0.4, -0.2) is 17.1 Å². The third-order valence-electron chi connectivity index (χ3n) is 5.01. The number of carbonyl (C=O) groups excluding carboxylic acids is 1. The van der Waals surface area contributed by atoms with Crippen molar-refractivity contribution >= 4 is 5.91 Å². The molecule has 1 saturated carbocycles. The molecule has 1 aromatic carbocycles. The average molecular weight is 288 g/mol. The van der Waals surface area contributed by atoms with Crippen molar-refractivity contribution in [2.24, 2.45) is 11.7 Å². The van der Waals surface area contributed by atoms with Crippen LogP contribution in [0.4, 0.5) is 0 Å². The molecule has 0 aliphatic heterocycles. The minimum absolute atomic E-state index is 0.0609. The molecule has 0 saturated heterocycles. The highest BCUT2D eigenvalue weighted by Gasteiger charge is 2.28. The Morgan fingerprint density at radius 2 is 1.95 bits per heavy atom. The van der Waals surface area contributed by atoms with Crippen molar-refractivity contribution in [3.8, 4) is 5.75 Å². The summed E-state index contributed by atoms with van der Waals surface area (Å²) in [4.78, 5) is 11.2. The zero-order valence-corrected chi connectivity index (χ0v) is 12.3. The van der Waals surface area contributed by atoms with E-state index in [0.29, 0.717) is 17.8 Å². The highest BCUT2D eigenvalue weighted by molar-refractivity contribution is 5.76. The van der Waals surface area contributed by atoms with Crippen molar-refractivity contribution in [3.63, 3.8) is 0 Å². The number of nitrogens with one attached hydrogen (secondary N) is 1. The molecule has 0 radical (unpaired) electrons. The number of aryl methyl sites for hydroxylation is 1. The van der Waals surface area contributed by atoms with Crippen molar-refractivity contribution in [1.82, 2.24) is 5.32 Å². The molecule has 21 heavy (non-hydrogen) atoms. The van der Waals surface area contributed by atoms with Crippen molar-refractivity contribution in [3.05, 3.63) is 29.3 Å². The number of primary amides is 1. The molecule has 2 aliphatic rings. The minimum Gasteiger partial charge on any atom is -0.508 e. The maximum absolute atomic E-state index is 11.2. The fraction of sp³-hybridized carbons (Fsp3) is 0.588. The van der Waals surface area contributed by atoms with Crippen molar-refractivity contribution in [2.45, 2.75) is 57.0 Å². The predicted molar refractivity (Wildman–Crippen MR) is 81.9 cm³/mol. The van der Waals surface area contributed by atoms with Gasteiger partial charge in [0.25, 0.3) is 0 Å². The van der Waals surface area contributed by atoms with Gasteiger partial charge in [-0.15, -0.1) is 0 Å². The van der Waals surface area contributed by atoms with E-state index in [1.165, 1.54) is 17.5 Å². The van der Waals surface area contributed by atoms with E-state index in [1.807, 2.05) is 12.1 Å². The Kier molecular flexibility index (Phi) is 4.15. The first-order valence-electron chi connectivity index (χ1n) is 8.00. The molecule has 1 unspecified atom stereocenters. The molecule has 4 nitrogen and oxygen atoms in total. The number of hydrogen-bond donors (Lipinski definition) is 3. The number of rotatable bonds is 3. The molecular formula is C17H24N2O2. The Morgan fingerprint density at radius 1 is 1.19 bits per heavy atom. The SMILES string of the molecule is NC(=O)C1CCC(NC2CCCc3ccc(O)cc32)CC1. The number of amides is 1. The monoisotopic (exact) mass is 288 g/mol. The van der Waals surface area contributed by atoms with E-state index >= 15 is 0 Å². The highest BCUT2D eigenvalue weighted by Crippen LogP contribution is 2.34. The van der Waals surface area contributed by atoms with Gasteiger partial charge < -0.3 is 16.2 Å². The molecule has 0 heterocycles. The Hall–Kier alpha value is -1.55. The predicted octanol–water partition coefficient (Wildman–Crippen LogP) is 2.40. The van der Waals surface area contributed by atoms with Crippen LogP contribution in [0.2, 0.25) is 0 Å². The summed E-state index contributed by atoms with van der Waals surface area (Å²) in [6.07, 6.45) is 7.22. The molecule has 2 aliphatic carbocycles. The maximum atomic E-state index is 11.2. The summed E-state index contributed by atoms with van der Waals surface area (Å²) in [7, 11) is 0. The first-order chi connectivity index (χ1) is 10.1. The van der Waals surface area contributed by atoms with Crippen LogP contribution in [-0.2, 0) is 11.2 Å². The lowest BCUT2D eigenvalue weighted by Crippen LogP contribution is -2.39. The van der Waals surface area contributed by atoms with Gasteiger partial charge in [-0.05, 0) is 68.2 Å². The first kappa shape index (κ1) is 14.4. The number of phenols is 1. The van der Waals surface area contributed by atoms with Crippen LogP contribution in [0.5, 0.6) is 5.75 Å². The summed E-state index contributed by atoms with van der Waals surface area (Å²) in [6, 6.07) is 6.51. The van der Waals surface area contributed by atoms with Gasteiger partial charge in [0.05, 0.1) is 0 Å². The van der Waals surface area contributed by atoms with Gasteiger partial charge in [0.2, 0.25) is 5.91 Å². The lowest BCUT2D eigenvalue weighted by Gasteiger charge is -2.34. The topological polar surface area (TPSA) is 75.4 Å². The summed E-state index contributed by atoms with van der Waals surface area (Å²) >= 11 is 0. The molecule has 0 spiro atoms. The number of nitrogens with two attached hydrogens (primary N) is 1. The quantitative estimate of drug-likeness (QED) is 0.799. The smallest absolute Gasteiger partial charge is 0.220 e. The number of aromatic hydroxyl groups is 1. The Labute approximate surface area is 125 Å². The van der Waals surface area contributed by atoms with Crippen LogP contribution in [0.15, 0.2) is 18.2 Å². The third kappa shape index (κ3) is 3.21. The lowest BCUT2D eigenvalue weighted by molar-refractivity contribution is -0.122. The average Bonchev–Trinajstić information content (AvgIpc) is 2.48.